The number of Topliss-reactive ketones (excluding diaryl/α,β-unsaturated/α-hetero) is 1. The minimum absolute atomic E-state index is 0.00351. The summed E-state index contributed by atoms with van der Waals surface area (Å²) >= 11 is 2.18. The van der Waals surface area contributed by atoms with Crippen LogP contribution in [-0.2, 0) is 0 Å². The molecule has 20 heavy (non-hydrogen) atoms. The van der Waals surface area contributed by atoms with Gasteiger partial charge in [-0.15, -0.1) is 0 Å². The Morgan fingerprint density at radius 2 is 1.85 bits per heavy atom. The highest BCUT2D eigenvalue weighted by atomic mass is 127. The lowest BCUT2D eigenvalue weighted by molar-refractivity contribution is 0.0921. The molecule has 0 aliphatic rings. The molecule has 0 bridgehead atoms. The van der Waals surface area contributed by atoms with Crippen molar-refractivity contribution >= 4 is 39.3 Å². The first kappa shape index (κ1) is 13.2. The van der Waals surface area contributed by atoms with E-state index in [2.05, 4.69) is 22.6 Å². The van der Waals surface area contributed by atoms with Gasteiger partial charge < -0.3 is 9.15 Å². The molecule has 3 aromatic rings. The number of carbonyl (C=O) groups excluding carboxylic acids is 1. The number of furan rings is 1. The van der Waals surface area contributed by atoms with Gasteiger partial charge in [-0.1, -0.05) is 30.3 Å². The van der Waals surface area contributed by atoms with Crippen molar-refractivity contribution in [3.05, 3.63) is 63.9 Å². The van der Waals surface area contributed by atoms with Crippen LogP contribution in [-0.4, -0.2) is 12.4 Å². The van der Waals surface area contributed by atoms with E-state index in [1.807, 2.05) is 48.5 Å². The molecule has 2 aromatic carbocycles. The largest absolute Gasteiger partial charge is 0.484 e. The maximum absolute atomic E-state index is 12.2. The van der Waals surface area contributed by atoms with E-state index in [9.17, 15) is 4.79 Å². The molecule has 0 spiro atoms. The fraction of sp³-hybridized carbons (Fsp3) is 0.0625. The Hall–Kier alpha value is -1.82. The Morgan fingerprint density at radius 3 is 2.70 bits per heavy atom. The van der Waals surface area contributed by atoms with Crippen LogP contribution < -0.4 is 4.74 Å². The number of ether oxygens (including phenoxy) is 1. The summed E-state index contributed by atoms with van der Waals surface area (Å²) in [5, 5.41) is 0.823. The molecule has 3 rings (SSSR count). The van der Waals surface area contributed by atoms with E-state index >= 15 is 0 Å². The number of hydrogen-bond acceptors (Lipinski definition) is 3. The summed E-state index contributed by atoms with van der Waals surface area (Å²) in [6.07, 6.45) is 1.49. The quantitative estimate of drug-likeness (QED) is 0.502. The molecule has 3 nitrogen and oxygen atoms in total. The first-order valence-electron chi connectivity index (χ1n) is 6.12. The Bertz CT molecular complexity index is 761. The van der Waals surface area contributed by atoms with E-state index in [1.54, 1.807) is 0 Å². The summed E-state index contributed by atoms with van der Waals surface area (Å²) in [5.74, 6) is 0.629. The topological polar surface area (TPSA) is 39.4 Å². The van der Waals surface area contributed by atoms with Gasteiger partial charge in [0.2, 0.25) is 5.78 Å². The first-order chi connectivity index (χ1) is 9.75. The van der Waals surface area contributed by atoms with Gasteiger partial charge in [0.25, 0.3) is 0 Å². The Morgan fingerprint density at radius 1 is 1.10 bits per heavy atom. The first-order valence-corrected chi connectivity index (χ1v) is 7.20. The maximum atomic E-state index is 12.2. The van der Waals surface area contributed by atoms with Gasteiger partial charge in [0.1, 0.15) is 17.6 Å². The number of rotatable bonds is 4. The Balaban J connectivity index is 1.79. The Kier molecular flexibility index (Phi) is 3.73. The molecule has 100 valence electrons. The van der Waals surface area contributed by atoms with E-state index < -0.39 is 0 Å². The predicted octanol–water partition coefficient (Wildman–Crippen LogP) is 4.30. The summed E-state index contributed by atoms with van der Waals surface area (Å²) in [6.45, 7) is 0.00351. The van der Waals surface area contributed by atoms with Gasteiger partial charge in [0, 0.05) is 5.39 Å². The highest BCUT2D eigenvalue weighted by molar-refractivity contribution is 14.1. The highest BCUT2D eigenvalue weighted by Gasteiger charge is 2.14. The van der Waals surface area contributed by atoms with Crippen molar-refractivity contribution in [3.63, 3.8) is 0 Å². The zero-order valence-corrected chi connectivity index (χ0v) is 12.7. The standard InChI is InChI=1S/C16H11IO3/c17-13-6-2-4-8-16(13)20-10-14(18)12-9-19-15-7-3-1-5-11(12)15/h1-9H,10H2. The summed E-state index contributed by atoms with van der Waals surface area (Å²) in [5.41, 5.74) is 1.27. The van der Waals surface area contributed by atoms with Crippen molar-refractivity contribution in [3.8, 4) is 5.75 Å². The molecule has 0 N–H and O–H groups in total. The van der Waals surface area contributed by atoms with Crippen LogP contribution in [0.25, 0.3) is 11.0 Å². The van der Waals surface area contributed by atoms with E-state index in [4.69, 9.17) is 9.15 Å². The van der Waals surface area contributed by atoms with Crippen LogP contribution in [0.15, 0.2) is 59.2 Å². The summed E-state index contributed by atoms with van der Waals surface area (Å²) in [6, 6.07) is 15.1. The molecule has 4 heteroatoms. The highest BCUT2D eigenvalue weighted by Crippen LogP contribution is 2.23. The molecule has 0 fully saturated rings. The van der Waals surface area contributed by atoms with Gasteiger partial charge in [-0.25, -0.2) is 0 Å². The van der Waals surface area contributed by atoms with Gasteiger partial charge in [0.05, 0.1) is 9.13 Å². The molecular formula is C16H11IO3. The van der Waals surface area contributed by atoms with Crippen LogP contribution in [0.5, 0.6) is 5.75 Å². The normalized spacial score (nSPS) is 10.7. The minimum atomic E-state index is -0.0883. The molecular weight excluding hydrogens is 367 g/mol. The number of carbonyl (C=O) groups is 1. The van der Waals surface area contributed by atoms with E-state index in [-0.39, 0.29) is 12.4 Å². The van der Waals surface area contributed by atoms with Crippen molar-refractivity contribution < 1.29 is 13.9 Å². The second kappa shape index (κ2) is 5.66. The predicted molar refractivity (Wildman–Crippen MR) is 85.2 cm³/mol. The van der Waals surface area contributed by atoms with Crippen LogP contribution in [0.2, 0.25) is 0 Å². The smallest absolute Gasteiger partial charge is 0.204 e. The van der Waals surface area contributed by atoms with Crippen molar-refractivity contribution in [2.75, 3.05) is 6.61 Å². The van der Waals surface area contributed by atoms with Crippen LogP contribution in [0.3, 0.4) is 0 Å². The van der Waals surface area contributed by atoms with E-state index in [1.165, 1.54) is 6.26 Å². The molecule has 0 aliphatic heterocycles. The van der Waals surface area contributed by atoms with Gasteiger partial charge in [0.15, 0.2) is 6.61 Å². The molecule has 0 atom stereocenters. The monoisotopic (exact) mass is 378 g/mol. The van der Waals surface area contributed by atoms with Crippen molar-refractivity contribution in [1.82, 2.24) is 0 Å². The zero-order valence-electron chi connectivity index (χ0n) is 10.5. The molecule has 0 saturated carbocycles. The summed E-state index contributed by atoms with van der Waals surface area (Å²) < 4.78 is 11.9. The number of halogens is 1. The molecule has 0 aliphatic carbocycles. The lowest BCUT2D eigenvalue weighted by Gasteiger charge is -2.06. The molecule has 0 radical (unpaired) electrons. The number of hydrogen-bond donors (Lipinski definition) is 0. The molecule has 0 amide bonds. The molecule has 0 unspecified atom stereocenters. The van der Waals surface area contributed by atoms with Crippen LogP contribution in [0.1, 0.15) is 10.4 Å². The SMILES string of the molecule is O=C(COc1ccccc1I)c1coc2ccccc12. The van der Waals surface area contributed by atoms with Crippen LogP contribution >= 0.6 is 22.6 Å². The molecule has 1 heterocycles. The summed E-state index contributed by atoms with van der Waals surface area (Å²) in [7, 11) is 0. The number of ketones is 1. The average molecular weight is 378 g/mol. The van der Waals surface area contributed by atoms with Gasteiger partial charge in [-0.3, -0.25) is 4.79 Å². The number of benzene rings is 2. The fourth-order valence-corrected chi connectivity index (χ4v) is 2.52. The third-order valence-electron chi connectivity index (χ3n) is 2.98. The van der Waals surface area contributed by atoms with Crippen molar-refractivity contribution in [2.45, 2.75) is 0 Å². The van der Waals surface area contributed by atoms with Gasteiger partial charge in [-0.05, 0) is 40.8 Å². The van der Waals surface area contributed by atoms with Crippen LogP contribution in [0.4, 0.5) is 0 Å². The fourth-order valence-electron chi connectivity index (χ4n) is 1.98. The molecule has 1 aromatic heterocycles. The third-order valence-corrected chi connectivity index (χ3v) is 3.87. The van der Waals surface area contributed by atoms with Crippen molar-refractivity contribution in [1.29, 1.82) is 0 Å². The third kappa shape index (κ3) is 2.56. The second-order valence-electron chi connectivity index (χ2n) is 4.29. The maximum Gasteiger partial charge on any atom is 0.204 e. The lowest BCUT2D eigenvalue weighted by Crippen LogP contribution is -2.11. The number of para-hydroxylation sites is 2. The average Bonchev–Trinajstić information content (AvgIpc) is 2.90. The summed E-state index contributed by atoms with van der Waals surface area (Å²) in [4.78, 5) is 12.2. The Labute approximate surface area is 129 Å². The number of fused-ring (bicyclic) bond motifs is 1. The molecule has 0 saturated heterocycles. The second-order valence-corrected chi connectivity index (χ2v) is 5.45. The zero-order chi connectivity index (χ0) is 13.9. The van der Waals surface area contributed by atoms with Gasteiger partial charge in [-0.2, -0.15) is 0 Å². The van der Waals surface area contributed by atoms with Crippen LogP contribution in [0, 0.1) is 3.57 Å². The van der Waals surface area contributed by atoms with E-state index in [0.717, 1.165) is 8.96 Å². The van der Waals surface area contributed by atoms with Gasteiger partial charge >= 0.3 is 0 Å². The van der Waals surface area contributed by atoms with E-state index in [0.29, 0.717) is 16.9 Å². The lowest BCUT2D eigenvalue weighted by atomic mass is 10.1. The van der Waals surface area contributed by atoms with Crippen molar-refractivity contribution in [2.24, 2.45) is 0 Å². The minimum Gasteiger partial charge on any atom is -0.484 e.